The van der Waals surface area contributed by atoms with Crippen molar-refractivity contribution in [2.45, 2.75) is 67.2 Å². The lowest BCUT2D eigenvalue weighted by atomic mass is 9.91. The first-order valence-electron chi connectivity index (χ1n) is 26.5. The van der Waals surface area contributed by atoms with Crippen molar-refractivity contribution in [3.63, 3.8) is 0 Å². The van der Waals surface area contributed by atoms with Crippen LogP contribution in [0, 0.1) is 13.8 Å². The Balaban J connectivity index is 1.02. The summed E-state index contributed by atoms with van der Waals surface area (Å²) in [4.78, 5) is 27.9. The van der Waals surface area contributed by atoms with E-state index >= 15 is 0 Å². The molecule has 10 nitrogen and oxygen atoms in total. The first-order valence-corrected chi connectivity index (χ1v) is 26.5. The van der Waals surface area contributed by atoms with E-state index in [2.05, 4.69) is 195 Å². The summed E-state index contributed by atoms with van der Waals surface area (Å²) >= 11 is 0. The molecule has 4 aromatic rings. The van der Waals surface area contributed by atoms with Gasteiger partial charge < -0.3 is 28.1 Å². The molecular weight excluding hydrogens is 921 g/mol. The molecule has 4 aromatic carbocycles. The Morgan fingerprint density at radius 1 is 0.527 bits per heavy atom. The molecular formula is C64H72N4O6+2. The Bertz CT molecular complexity index is 3160. The standard InChI is InChI=1S/C64H72N4O6/c1-9-61(69)71-39-37-67(13-5)49-29-33-55-59(43-49)73-57-41-47(27-31-53(57)63(55)51-25-19-17-23-45(51)7)65(11-3)35-21-15-16-22-36-66(12-4)48-28-32-54-58(42-48)74-60-44-50(68(14-6)38-40-72-62(70)10-2)30-34-56(60)64(54)52-26-20-18-24-46(52)8/h9-10,17-20,23-34,41-44H,1-2,11-16,21-22,35-40H2,3-8H3/q+2. The summed E-state index contributed by atoms with van der Waals surface area (Å²) in [7, 11) is 0. The van der Waals surface area contributed by atoms with Gasteiger partial charge in [-0.1, -0.05) is 61.7 Å². The quantitative estimate of drug-likeness (QED) is 0.0206. The fraction of sp³-hybridized carbons (Fsp3) is 0.312. The normalized spacial score (nSPS) is 12.2. The van der Waals surface area contributed by atoms with Gasteiger partial charge in [-0.15, -0.1) is 0 Å². The fourth-order valence-electron chi connectivity index (χ4n) is 10.3. The van der Waals surface area contributed by atoms with Crippen LogP contribution in [0.15, 0.2) is 155 Å². The molecule has 0 aromatic heterocycles. The second-order valence-corrected chi connectivity index (χ2v) is 18.8. The molecule has 0 amide bonds. The van der Waals surface area contributed by atoms with Crippen molar-refractivity contribution in [1.82, 2.24) is 9.15 Å². The number of anilines is 2. The predicted octanol–water partition coefficient (Wildman–Crippen LogP) is 12.3. The van der Waals surface area contributed by atoms with Gasteiger partial charge in [-0.2, -0.15) is 0 Å². The predicted molar refractivity (Wildman–Crippen MR) is 304 cm³/mol. The number of rotatable bonds is 23. The minimum Gasteiger partial charge on any atom is -0.461 e. The zero-order chi connectivity index (χ0) is 52.1. The van der Waals surface area contributed by atoms with E-state index in [9.17, 15) is 9.59 Å². The number of fused-ring (bicyclic) bond motifs is 4. The lowest BCUT2D eigenvalue weighted by Gasteiger charge is -2.24. The third-order valence-electron chi connectivity index (χ3n) is 14.3. The summed E-state index contributed by atoms with van der Waals surface area (Å²) in [5, 5.41) is 4.41. The molecule has 2 aliphatic heterocycles. The van der Waals surface area contributed by atoms with Gasteiger partial charge in [-0.3, -0.25) is 0 Å². The molecule has 0 unspecified atom stereocenters. The van der Waals surface area contributed by atoms with E-state index in [-0.39, 0.29) is 13.2 Å². The molecule has 0 fully saturated rings. The van der Waals surface area contributed by atoms with Gasteiger partial charge in [0.05, 0.1) is 25.2 Å². The second kappa shape index (κ2) is 24.8. The summed E-state index contributed by atoms with van der Waals surface area (Å²) in [6.07, 6.45) is 6.82. The van der Waals surface area contributed by atoms with Gasteiger partial charge in [-0.25, -0.2) is 18.7 Å². The van der Waals surface area contributed by atoms with Crippen LogP contribution in [0.5, 0.6) is 0 Å². The highest BCUT2D eigenvalue weighted by Crippen LogP contribution is 2.43. The molecule has 0 spiro atoms. The molecule has 0 bridgehead atoms. The number of ether oxygens (including phenoxy) is 2. The number of hydrogen-bond donors (Lipinski definition) is 0. The number of hydrogen-bond acceptors (Lipinski definition) is 8. The lowest BCUT2D eigenvalue weighted by Crippen LogP contribution is -2.31. The second-order valence-electron chi connectivity index (χ2n) is 18.8. The number of unbranched alkanes of at least 4 members (excludes halogenated alkanes) is 3. The highest BCUT2D eigenvalue weighted by atomic mass is 16.5. The van der Waals surface area contributed by atoms with Crippen LogP contribution in [-0.4, -0.2) is 77.5 Å². The first kappa shape index (κ1) is 52.6. The molecule has 2 aliphatic carbocycles. The summed E-state index contributed by atoms with van der Waals surface area (Å²) in [6, 6.07) is 43.3. The van der Waals surface area contributed by atoms with Crippen molar-refractivity contribution in [2.24, 2.45) is 0 Å². The first-order chi connectivity index (χ1) is 36.1. The van der Waals surface area contributed by atoms with Gasteiger partial charge in [0.2, 0.25) is 10.7 Å². The molecule has 0 atom stereocenters. The molecule has 10 heteroatoms. The molecule has 382 valence electrons. The van der Waals surface area contributed by atoms with E-state index in [0.29, 0.717) is 13.1 Å². The van der Waals surface area contributed by atoms with Gasteiger partial charge in [-0.05, 0) is 113 Å². The summed E-state index contributed by atoms with van der Waals surface area (Å²) in [5.41, 5.74) is 12.9. The smallest absolute Gasteiger partial charge is 0.330 e. The van der Waals surface area contributed by atoms with Gasteiger partial charge >= 0.3 is 11.9 Å². The van der Waals surface area contributed by atoms with Crippen LogP contribution in [0.1, 0.15) is 64.5 Å². The maximum absolute atomic E-state index is 11.8. The summed E-state index contributed by atoms with van der Waals surface area (Å²) in [6.45, 7) is 26.9. The van der Waals surface area contributed by atoms with E-state index in [1.54, 1.807) is 0 Å². The summed E-state index contributed by atoms with van der Waals surface area (Å²) < 4.78 is 29.2. The van der Waals surface area contributed by atoms with E-state index in [4.69, 9.17) is 18.3 Å². The monoisotopic (exact) mass is 993 g/mol. The van der Waals surface area contributed by atoms with Crippen molar-refractivity contribution in [3.8, 4) is 44.9 Å². The van der Waals surface area contributed by atoms with Crippen LogP contribution >= 0.6 is 0 Å². The van der Waals surface area contributed by atoms with E-state index in [1.807, 2.05) is 0 Å². The topological polar surface area (TPSA) is 91.4 Å². The number of benzene rings is 6. The molecule has 8 rings (SSSR count). The van der Waals surface area contributed by atoms with Crippen molar-refractivity contribution < 1.29 is 27.9 Å². The van der Waals surface area contributed by atoms with E-state index < -0.39 is 11.9 Å². The maximum Gasteiger partial charge on any atom is 0.330 e. The van der Waals surface area contributed by atoms with E-state index in [1.165, 1.54) is 45.5 Å². The average molecular weight is 993 g/mol. The Labute approximate surface area is 436 Å². The van der Waals surface area contributed by atoms with Crippen LogP contribution < -0.4 is 29.7 Å². The summed E-state index contributed by atoms with van der Waals surface area (Å²) in [5.74, 6) is 0.859. The number of carbonyl (C=O) groups is 2. The fourth-order valence-corrected chi connectivity index (χ4v) is 10.3. The molecule has 74 heavy (non-hydrogen) atoms. The van der Waals surface area contributed by atoms with Gasteiger partial charge in [0.25, 0.3) is 0 Å². The van der Waals surface area contributed by atoms with Gasteiger partial charge in [0.15, 0.2) is 0 Å². The SMILES string of the molecule is C=CC(=O)OCCN(CC)c1ccc2c(-c3ccccc3C)c3ccc(=[N+](CC)CCCCCC[N+](CC)=c4ccc5c(-c6ccccc6C)c6ccc(N(CC)CCOC(=O)C=C)cc6oc-5c4)cc-3oc2c1. The van der Waals surface area contributed by atoms with E-state index in [0.717, 1.165) is 132 Å². The van der Waals surface area contributed by atoms with Gasteiger partial charge in [0, 0.05) is 107 Å². The van der Waals surface area contributed by atoms with Crippen LogP contribution in [0.2, 0.25) is 0 Å². The number of esters is 2. The Kier molecular flexibility index (Phi) is 17.6. The largest absolute Gasteiger partial charge is 0.461 e. The molecule has 4 aliphatic rings. The van der Waals surface area contributed by atoms with Crippen molar-refractivity contribution in [2.75, 3.05) is 75.4 Å². The minimum atomic E-state index is -0.419. The maximum atomic E-state index is 11.8. The van der Waals surface area contributed by atoms with Crippen molar-refractivity contribution in [1.29, 1.82) is 0 Å². The Morgan fingerprint density at radius 3 is 1.32 bits per heavy atom. The highest BCUT2D eigenvalue weighted by Gasteiger charge is 2.23. The zero-order valence-electron chi connectivity index (χ0n) is 44.3. The van der Waals surface area contributed by atoms with Gasteiger partial charge in [0.1, 0.15) is 62.1 Å². The molecule has 0 radical (unpaired) electrons. The number of carbonyl (C=O) groups excluding carboxylic acids is 2. The number of likely N-dealkylation sites (N-methyl/N-ethyl adjacent to an activating group) is 2. The molecule has 0 N–H and O–H groups in total. The van der Waals surface area contributed by atoms with Crippen molar-refractivity contribution in [3.05, 3.63) is 168 Å². The lowest BCUT2D eigenvalue weighted by molar-refractivity contribution is -0.138. The molecule has 0 saturated heterocycles. The molecule has 2 heterocycles. The molecule has 0 saturated carbocycles. The van der Waals surface area contributed by atoms with Crippen LogP contribution in [-0.2, 0) is 19.1 Å². The van der Waals surface area contributed by atoms with Crippen LogP contribution in [0.3, 0.4) is 0 Å². The third kappa shape index (κ3) is 11.9. The van der Waals surface area contributed by atoms with Crippen molar-refractivity contribution >= 4 is 45.3 Å². The number of aryl methyl sites for hydroxylation is 2. The van der Waals surface area contributed by atoms with Crippen LogP contribution in [0.25, 0.3) is 66.8 Å². The Morgan fingerprint density at radius 2 is 0.946 bits per heavy atom. The average Bonchev–Trinajstić information content (AvgIpc) is 3.42. The Hall–Kier alpha value is -7.72. The third-order valence-corrected chi connectivity index (χ3v) is 14.3. The van der Waals surface area contributed by atoms with Crippen LogP contribution in [0.4, 0.5) is 11.4 Å². The minimum absolute atomic E-state index is 0.271. The number of nitrogens with zero attached hydrogens (tertiary/aromatic N) is 4. The highest BCUT2D eigenvalue weighted by molar-refractivity contribution is 6.04. The zero-order valence-corrected chi connectivity index (χ0v) is 44.3.